The van der Waals surface area contributed by atoms with Crippen LogP contribution >= 0.6 is 11.3 Å². The molecule has 0 spiro atoms. The van der Waals surface area contributed by atoms with Crippen LogP contribution in [0.2, 0.25) is 0 Å². The number of nitrogens with zero attached hydrogens (tertiary/aromatic N) is 2. The van der Waals surface area contributed by atoms with E-state index >= 15 is 0 Å². The Hall–Kier alpha value is -2.65. The molecule has 5 nitrogen and oxygen atoms in total. The molecular weight excluding hydrogens is 396 g/mol. The van der Waals surface area contributed by atoms with Crippen LogP contribution in [0.25, 0.3) is 11.6 Å². The molecule has 1 heterocycles. The Kier molecular flexibility index (Phi) is 4.86. The van der Waals surface area contributed by atoms with E-state index in [1.54, 1.807) is 35.6 Å². The van der Waals surface area contributed by atoms with Gasteiger partial charge in [-0.25, -0.2) is 4.98 Å². The van der Waals surface area contributed by atoms with Crippen molar-refractivity contribution >= 4 is 29.0 Å². The van der Waals surface area contributed by atoms with E-state index in [1.165, 1.54) is 44.2 Å². The summed E-state index contributed by atoms with van der Waals surface area (Å²) in [5.41, 5.74) is 2.84. The van der Waals surface area contributed by atoms with E-state index in [9.17, 15) is 15.2 Å². The van der Waals surface area contributed by atoms with Gasteiger partial charge >= 0.3 is 0 Å². The Morgan fingerprint density at radius 3 is 2.40 bits per heavy atom. The summed E-state index contributed by atoms with van der Waals surface area (Å²) in [4.78, 5) is 15.5. The number of allylic oxidation sites excluding steroid dienone is 1. The van der Waals surface area contributed by atoms with Crippen molar-refractivity contribution < 1.29 is 14.6 Å². The van der Waals surface area contributed by atoms with Crippen molar-refractivity contribution in [1.29, 1.82) is 5.26 Å². The monoisotopic (exact) mass is 419 g/mol. The van der Waals surface area contributed by atoms with Gasteiger partial charge in [0.15, 0.2) is 0 Å². The summed E-state index contributed by atoms with van der Waals surface area (Å²) in [5.74, 6) is 1.79. The van der Waals surface area contributed by atoms with Gasteiger partial charge in [-0.1, -0.05) is 12.1 Å². The second-order valence-corrected chi connectivity index (χ2v) is 9.99. The standard InChI is InChI=1S/C24H24N2O3S/c25-12-19(8-15-1-3-20(4-2-15)29-13-22(27)28)23-26-21(14-30-23)24-9-16-5-17(10-24)7-18(6-16)11-24/h1-4,8,14,16-18H,5-7,9-11,13H2,(H,27,28)/p-1/b19-8+. The highest BCUT2D eigenvalue weighted by Gasteiger charge is 2.52. The number of carbonyl (C=O) groups excluding carboxylic acids is 1. The minimum absolute atomic E-state index is 0.238. The van der Waals surface area contributed by atoms with Crippen molar-refractivity contribution in [2.45, 2.75) is 43.9 Å². The maximum absolute atomic E-state index is 10.5. The Labute approximate surface area is 180 Å². The summed E-state index contributed by atoms with van der Waals surface area (Å²) >= 11 is 1.57. The molecule has 4 bridgehead atoms. The van der Waals surface area contributed by atoms with Crippen LogP contribution in [-0.2, 0) is 10.2 Å². The smallest absolute Gasteiger partial charge is 0.134 e. The quantitative estimate of drug-likeness (QED) is 0.665. The van der Waals surface area contributed by atoms with E-state index in [2.05, 4.69) is 11.4 Å². The fourth-order valence-corrected chi connectivity index (χ4v) is 7.08. The number of benzene rings is 1. The molecule has 1 aromatic heterocycles. The van der Waals surface area contributed by atoms with Crippen molar-refractivity contribution in [2.24, 2.45) is 17.8 Å². The lowest BCUT2D eigenvalue weighted by atomic mass is 9.49. The van der Waals surface area contributed by atoms with Crippen molar-refractivity contribution in [3.63, 3.8) is 0 Å². The molecule has 0 aliphatic heterocycles. The predicted molar refractivity (Wildman–Crippen MR) is 112 cm³/mol. The number of hydrogen-bond donors (Lipinski definition) is 0. The lowest BCUT2D eigenvalue weighted by Gasteiger charge is -2.56. The zero-order valence-corrected chi connectivity index (χ0v) is 17.5. The molecule has 1 aromatic carbocycles. The van der Waals surface area contributed by atoms with Crippen LogP contribution in [0.15, 0.2) is 29.6 Å². The molecule has 4 fully saturated rings. The third-order valence-electron chi connectivity index (χ3n) is 6.98. The van der Waals surface area contributed by atoms with E-state index in [1.807, 2.05) is 6.08 Å². The number of aliphatic carboxylic acids is 1. The highest BCUT2D eigenvalue weighted by Crippen LogP contribution is 2.60. The largest absolute Gasteiger partial charge is 0.546 e. The first-order valence-electron chi connectivity index (χ1n) is 10.5. The van der Waals surface area contributed by atoms with E-state index in [0.29, 0.717) is 11.3 Å². The fraction of sp³-hybridized carbons (Fsp3) is 0.458. The molecule has 2 aromatic rings. The topological polar surface area (TPSA) is 86.0 Å². The van der Waals surface area contributed by atoms with Crippen LogP contribution in [0.5, 0.6) is 5.75 Å². The number of nitriles is 1. The summed E-state index contributed by atoms with van der Waals surface area (Å²) in [6.45, 7) is -0.481. The normalized spacial score (nSPS) is 29.6. The van der Waals surface area contributed by atoms with Gasteiger partial charge < -0.3 is 14.6 Å². The summed E-state index contributed by atoms with van der Waals surface area (Å²) < 4.78 is 5.10. The van der Waals surface area contributed by atoms with Gasteiger partial charge in [-0.2, -0.15) is 5.26 Å². The number of hydrogen-bond acceptors (Lipinski definition) is 6. The number of carbonyl (C=O) groups is 1. The maximum atomic E-state index is 10.5. The maximum Gasteiger partial charge on any atom is 0.134 e. The number of carboxylic acids is 1. The molecule has 154 valence electrons. The minimum Gasteiger partial charge on any atom is -0.546 e. The number of aromatic nitrogens is 1. The Bertz CT molecular complexity index is 996. The van der Waals surface area contributed by atoms with Gasteiger partial charge in [0.05, 0.1) is 17.2 Å². The summed E-state index contributed by atoms with van der Waals surface area (Å²) in [5, 5.41) is 23.2. The number of ether oxygens (including phenoxy) is 1. The molecule has 4 saturated carbocycles. The van der Waals surface area contributed by atoms with Crippen molar-refractivity contribution in [1.82, 2.24) is 4.98 Å². The van der Waals surface area contributed by atoms with Crippen LogP contribution < -0.4 is 9.84 Å². The summed E-state index contributed by atoms with van der Waals surface area (Å²) in [6, 6.07) is 9.28. The highest BCUT2D eigenvalue weighted by atomic mass is 32.1. The van der Waals surface area contributed by atoms with Crippen LogP contribution in [0.3, 0.4) is 0 Å². The second kappa shape index (κ2) is 7.55. The van der Waals surface area contributed by atoms with Crippen LogP contribution in [-0.4, -0.2) is 17.6 Å². The lowest BCUT2D eigenvalue weighted by molar-refractivity contribution is -0.307. The van der Waals surface area contributed by atoms with Gasteiger partial charge in [-0.05, 0) is 80.1 Å². The number of thiazole rings is 1. The second-order valence-electron chi connectivity index (χ2n) is 9.14. The highest BCUT2D eigenvalue weighted by molar-refractivity contribution is 7.11. The predicted octanol–water partition coefficient (Wildman–Crippen LogP) is 3.80. The molecule has 0 amide bonds. The Balaban J connectivity index is 1.36. The van der Waals surface area contributed by atoms with Gasteiger partial charge in [0.1, 0.15) is 23.4 Å². The first-order valence-corrected chi connectivity index (χ1v) is 11.4. The third kappa shape index (κ3) is 3.63. The van der Waals surface area contributed by atoms with E-state index in [-0.39, 0.29) is 5.41 Å². The van der Waals surface area contributed by atoms with Crippen LogP contribution in [0.1, 0.15) is 54.8 Å². The van der Waals surface area contributed by atoms with Crippen LogP contribution in [0.4, 0.5) is 0 Å². The van der Waals surface area contributed by atoms with Gasteiger partial charge in [0.2, 0.25) is 0 Å². The van der Waals surface area contributed by atoms with Gasteiger partial charge in [-0.15, -0.1) is 11.3 Å². The molecule has 0 unspecified atom stereocenters. The molecule has 30 heavy (non-hydrogen) atoms. The first-order chi connectivity index (χ1) is 14.5. The number of carboxylic acid groups (broad SMARTS) is 1. The fourth-order valence-electron chi connectivity index (χ4n) is 6.18. The molecule has 0 saturated heterocycles. The lowest BCUT2D eigenvalue weighted by Crippen LogP contribution is -2.48. The zero-order chi connectivity index (χ0) is 20.7. The average Bonchev–Trinajstić information content (AvgIpc) is 3.21. The van der Waals surface area contributed by atoms with Crippen molar-refractivity contribution in [2.75, 3.05) is 6.61 Å². The summed E-state index contributed by atoms with van der Waals surface area (Å²) in [7, 11) is 0. The molecule has 4 aliphatic carbocycles. The molecule has 6 heteroatoms. The SMILES string of the molecule is N#C/C(=C\c1ccc(OCC(=O)[O-])cc1)c1nc(C23CC4CC(CC(C4)C2)C3)cs1. The first kappa shape index (κ1) is 19.3. The molecular formula is C24H23N2O3S-. The molecule has 0 atom stereocenters. The average molecular weight is 420 g/mol. The third-order valence-corrected chi connectivity index (χ3v) is 7.86. The Morgan fingerprint density at radius 2 is 1.83 bits per heavy atom. The van der Waals surface area contributed by atoms with Crippen LogP contribution in [0, 0.1) is 29.1 Å². The van der Waals surface area contributed by atoms with Gasteiger partial charge in [0, 0.05) is 10.8 Å². The van der Waals surface area contributed by atoms with E-state index in [4.69, 9.17) is 9.72 Å². The Morgan fingerprint density at radius 1 is 1.20 bits per heavy atom. The summed E-state index contributed by atoms with van der Waals surface area (Å²) in [6.07, 6.45) is 9.83. The molecule has 6 rings (SSSR count). The van der Waals surface area contributed by atoms with Gasteiger partial charge in [-0.3, -0.25) is 0 Å². The van der Waals surface area contributed by atoms with Crippen molar-refractivity contribution in [3.05, 3.63) is 45.9 Å². The zero-order valence-electron chi connectivity index (χ0n) is 16.7. The molecule has 0 N–H and O–H groups in total. The van der Waals surface area contributed by atoms with E-state index < -0.39 is 12.6 Å². The molecule has 0 radical (unpaired) electrons. The van der Waals surface area contributed by atoms with Gasteiger partial charge in [0.25, 0.3) is 0 Å². The van der Waals surface area contributed by atoms with Crippen molar-refractivity contribution in [3.8, 4) is 11.8 Å². The van der Waals surface area contributed by atoms with E-state index in [0.717, 1.165) is 28.3 Å². The minimum atomic E-state index is -1.26. The number of rotatable bonds is 6. The molecule has 4 aliphatic rings.